The van der Waals surface area contributed by atoms with Crippen LogP contribution in [-0.2, 0) is 9.47 Å². The minimum absolute atomic E-state index is 0. The third-order valence-corrected chi connectivity index (χ3v) is 12.4. The molecule has 0 amide bonds. The largest absolute Gasteiger partial charge is 1.00 e. The Kier molecular flexibility index (Phi) is 11.6. The molecule has 0 bridgehead atoms. The zero-order valence-electron chi connectivity index (χ0n) is 26.9. The highest BCUT2D eigenvalue weighted by atomic mass is 127. The Hall–Kier alpha value is -0.340. The van der Waals surface area contributed by atoms with E-state index in [-0.39, 0.29) is 42.1 Å². The number of allylic oxidation sites excluding steroid dienone is 1. The molecule has 0 radical (unpaired) electrons. The highest BCUT2D eigenvalue weighted by molar-refractivity contribution is 5.60. The normalized spacial score (nSPS) is 36.9. The number of carbonyl (C=O) groups is 1. The first-order valence-electron chi connectivity index (χ1n) is 16.3. The van der Waals surface area contributed by atoms with Crippen LogP contribution in [0.15, 0.2) is 11.6 Å². The molecule has 0 aliphatic heterocycles. The lowest BCUT2D eigenvalue weighted by molar-refractivity contribution is -0.934. The molecule has 1 N–H and O–H groups in total. The van der Waals surface area contributed by atoms with Gasteiger partial charge in [-0.3, -0.25) is 0 Å². The van der Waals surface area contributed by atoms with Crippen molar-refractivity contribution in [2.45, 2.75) is 125 Å². The van der Waals surface area contributed by atoms with Gasteiger partial charge in [-0.2, -0.15) is 0 Å². The van der Waals surface area contributed by atoms with Gasteiger partial charge in [-0.15, -0.1) is 0 Å². The van der Waals surface area contributed by atoms with E-state index in [1.165, 1.54) is 51.4 Å². The lowest BCUT2D eigenvalue weighted by atomic mass is 9.47. The Bertz CT molecular complexity index is 887. The summed E-state index contributed by atoms with van der Waals surface area (Å²) in [5.41, 5.74) is 2.32. The molecule has 1 unspecified atom stereocenters. The molecule has 3 saturated carbocycles. The van der Waals surface area contributed by atoms with Crippen molar-refractivity contribution in [1.82, 2.24) is 0 Å². The maximum absolute atomic E-state index is 12.4. The van der Waals surface area contributed by atoms with Gasteiger partial charge in [-0.05, 0) is 91.3 Å². The van der Waals surface area contributed by atoms with E-state index in [1.807, 2.05) is 14.1 Å². The van der Waals surface area contributed by atoms with E-state index < -0.39 is 12.4 Å². The summed E-state index contributed by atoms with van der Waals surface area (Å²) in [4.78, 5) is 12.4. The van der Waals surface area contributed by atoms with Crippen LogP contribution in [0.4, 0.5) is 4.79 Å². The topological polar surface area (TPSA) is 55.8 Å². The number of hydrogen-bond acceptors (Lipinski definition) is 4. The Morgan fingerprint density at radius 1 is 1.05 bits per heavy atom. The monoisotopic (exact) mass is 673 g/mol. The molecule has 0 spiro atoms. The summed E-state index contributed by atoms with van der Waals surface area (Å²) in [6.45, 7) is 15.0. The summed E-state index contributed by atoms with van der Waals surface area (Å²) in [7, 11) is 3.86. The number of fused-ring (bicyclic) bond motifs is 5. The second kappa shape index (κ2) is 13.5. The molecule has 5 nitrogen and oxygen atoms in total. The number of likely N-dealkylation sites (N-methyl/N-ethyl adjacent to an activating group) is 1. The Labute approximate surface area is 262 Å². The van der Waals surface area contributed by atoms with Crippen molar-refractivity contribution in [3.8, 4) is 0 Å². The number of hydrogen-bond donors (Lipinski definition) is 1. The van der Waals surface area contributed by atoms with Gasteiger partial charge >= 0.3 is 6.16 Å². The number of aliphatic hydroxyl groups excluding tert-OH is 1. The fourth-order valence-corrected chi connectivity index (χ4v) is 9.47. The van der Waals surface area contributed by atoms with Crippen molar-refractivity contribution in [3.05, 3.63) is 11.6 Å². The van der Waals surface area contributed by atoms with Crippen molar-refractivity contribution < 1.29 is 47.8 Å². The predicted octanol–water partition coefficient (Wildman–Crippen LogP) is 4.97. The zero-order valence-corrected chi connectivity index (χ0v) is 29.0. The van der Waals surface area contributed by atoms with Crippen LogP contribution in [-0.4, -0.2) is 55.3 Å². The predicted molar refractivity (Wildman–Crippen MR) is 158 cm³/mol. The first-order chi connectivity index (χ1) is 18.3. The van der Waals surface area contributed by atoms with E-state index in [0.29, 0.717) is 16.4 Å². The molecule has 40 heavy (non-hydrogen) atoms. The van der Waals surface area contributed by atoms with Crippen LogP contribution < -0.4 is 24.0 Å². The van der Waals surface area contributed by atoms with Crippen molar-refractivity contribution in [3.63, 3.8) is 0 Å². The summed E-state index contributed by atoms with van der Waals surface area (Å²) in [6, 6.07) is 0. The van der Waals surface area contributed by atoms with Gasteiger partial charge in [-0.1, -0.05) is 65.5 Å². The first-order valence-corrected chi connectivity index (χ1v) is 16.3. The molecule has 0 aromatic heterocycles. The van der Waals surface area contributed by atoms with E-state index >= 15 is 0 Å². The number of halogens is 1. The van der Waals surface area contributed by atoms with E-state index in [4.69, 9.17) is 9.47 Å². The Morgan fingerprint density at radius 3 is 2.45 bits per heavy atom. The van der Waals surface area contributed by atoms with Gasteiger partial charge in [0.15, 0.2) is 6.23 Å². The summed E-state index contributed by atoms with van der Waals surface area (Å²) in [5.74, 6) is 5.04. The summed E-state index contributed by atoms with van der Waals surface area (Å²) < 4.78 is 11.6. The molecule has 232 valence electrons. The van der Waals surface area contributed by atoms with Crippen LogP contribution in [0, 0.1) is 46.3 Å². The molecular formula is C34H60INO4. The van der Waals surface area contributed by atoms with Crippen molar-refractivity contribution >= 4 is 6.16 Å². The molecule has 0 saturated heterocycles. The highest BCUT2D eigenvalue weighted by Crippen LogP contribution is 2.67. The van der Waals surface area contributed by atoms with Crippen LogP contribution in [0.1, 0.15) is 112 Å². The number of quaternary nitrogens is 1. The Morgan fingerprint density at radius 2 is 1.77 bits per heavy atom. The third-order valence-electron chi connectivity index (χ3n) is 12.4. The standard InChI is InChI=1S/C34H60NO4.HI/c1-23(2)10-9-11-24(3)29-14-15-30-28-13-12-26-22-27(39-32(37)38-21-20-35(7,8)25(4)36)16-18-33(26,5)31(28)17-19-34(29,30)6;/h12,23-25,27-31,36H,9-11,13-22H2,1-8H3;1H/q+1;/p-1/t24-,25?,27+,28+,29-,30+,31+,33+,34-;/m1./s1. The van der Waals surface area contributed by atoms with Gasteiger partial charge in [0.2, 0.25) is 0 Å². The van der Waals surface area contributed by atoms with Gasteiger partial charge in [0, 0.05) is 13.3 Å². The SMILES string of the molecule is CC(C)CCC[C@@H](C)[C@H]1CC[C@H]2[C@@H]3CC=C4C[C@@H](OC(=O)OCC[N+](C)(C)C(C)O)CC[C@]4(C)[C@H]3CC[C@]12C.[I-]. The molecular weight excluding hydrogens is 613 g/mol. The van der Waals surface area contributed by atoms with E-state index in [9.17, 15) is 9.90 Å². The Balaban J connectivity index is 0.00000441. The van der Waals surface area contributed by atoms with Crippen molar-refractivity contribution in [2.24, 2.45) is 46.3 Å². The lowest BCUT2D eigenvalue weighted by Crippen LogP contribution is -3.00. The van der Waals surface area contributed by atoms with E-state index in [2.05, 4.69) is 40.7 Å². The lowest BCUT2D eigenvalue weighted by Gasteiger charge is -2.58. The van der Waals surface area contributed by atoms with Gasteiger partial charge < -0.3 is 43.0 Å². The van der Waals surface area contributed by atoms with Crippen molar-refractivity contribution in [1.29, 1.82) is 0 Å². The van der Waals surface area contributed by atoms with Gasteiger partial charge in [0.05, 0.1) is 14.1 Å². The maximum atomic E-state index is 12.4. The molecule has 4 aliphatic rings. The molecule has 9 atom stereocenters. The van der Waals surface area contributed by atoms with E-state index in [1.54, 1.807) is 12.5 Å². The summed E-state index contributed by atoms with van der Waals surface area (Å²) in [6.07, 6.45) is 15.3. The number of rotatable bonds is 10. The fourth-order valence-electron chi connectivity index (χ4n) is 9.47. The van der Waals surface area contributed by atoms with Crippen LogP contribution >= 0.6 is 0 Å². The average Bonchev–Trinajstić information content (AvgIpc) is 3.21. The second-order valence-corrected chi connectivity index (χ2v) is 15.5. The highest BCUT2D eigenvalue weighted by Gasteiger charge is 2.59. The molecule has 4 aliphatic carbocycles. The number of nitrogens with zero attached hydrogens (tertiary/aromatic N) is 1. The molecule has 4 rings (SSSR count). The zero-order chi connectivity index (χ0) is 28.6. The van der Waals surface area contributed by atoms with Gasteiger partial charge in [0.1, 0.15) is 19.3 Å². The number of carbonyl (C=O) groups excluding carboxylic acids is 1. The number of aliphatic hydroxyl groups is 1. The number of ether oxygens (including phenoxy) is 2. The van der Waals surface area contributed by atoms with E-state index in [0.717, 1.165) is 54.8 Å². The minimum Gasteiger partial charge on any atom is -1.00 e. The first kappa shape index (κ1) is 34.2. The molecule has 3 fully saturated rings. The molecule has 0 heterocycles. The van der Waals surface area contributed by atoms with Gasteiger partial charge in [-0.25, -0.2) is 4.79 Å². The van der Waals surface area contributed by atoms with Crippen LogP contribution in [0.5, 0.6) is 0 Å². The third kappa shape index (κ3) is 7.06. The molecule has 6 heteroatoms. The van der Waals surface area contributed by atoms with Crippen LogP contribution in [0.25, 0.3) is 0 Å². The molecule has 0 aromatic rings. The fraction of sp³-hybridized carbons (Fsp3) is 0.912. The van der Waals surface area contributed by atoms with Crippen LogP contribution in [0.3, 0.4) is 0 Å². The second-order valence-electron chi connectivity index (χ2n) is 15.5. The summed E-state index contributed by atoms with van der Waals surface area (Å²) in [5, 5.41) is 9.87. The maximum Gasteiger partial charge on any atom is 0.508 e. The average molecular weight is 674 g/mol. The van der Waals surface area contributed by atoms with Crippen molar-refractivity contribution in [2.75, 3.05) is 27.2 Å². The van der Waals surface area contributed by atoms with Crippen LogP contribution in [0.2, 0.25) is 0 Å². The minimum atomic E-state index is -0.559. The van der Waals surface area contributed by atoms with Gasteiger partial charge in [0.25, 0.3) is 0 Å². The molecule has 0 aromatic carbocycles. The summed E-state index contributed by atoms with van der Waals surface area (Å²) >= 11 is 0. The smallest absolute Gasteiger partial charge is 0.508 e. The quantitative estimate of drug-likeness (QED) is 0.117.